The molecule has 1 aromatic carbocycles. The largest absolute Gasteiger partial charge is 0.481 e. The van der Waals surface area contributed by atoms with Gasteiger partial charge in [0.15, 0.2) is 0 Å². The number of hydrogen-bond donors (Lipinski definition) is 1. The second-order valence-electron chi connectivity index (χ2n) is 6.34. The fourth-order valence-electron chi connectivity index (χ4n) is 2.82. The minimum Gasteiger partial charge on any atom is -0.481 e. The Morgan fingerprint density at radius 2 is 2.09 bits per heavy atom. The summed E-state index contributed by atoms with van der Waals surface area (Å²) in [6.45, 7) is 6.80. The third-order valence-electron chi connectivity index (χ3n) is 4.25. The fraction of sp³-hybridized carbons (Fsp3) is 0.529. The predicted molar refractivity (Wildman–Crippen MR) is 88.2 cm³/mol. The van der Waals surface area contributed by atoms with Crippen LogP contribution in [0.2, 0.25) is 0 Å². The average Bonchev–Trinajstić information content (AvgIpc) is 2.46. The molecule has 2 rings (SSSR count). The maximum Gasteiger partial charge on any atom is 0.311 e. The summed E-state index contributed by atoms with van der Waals surface area (Å²) in [4.78, 5) is 26.5. The van der Waals surface area contributed by atoms with Crippen molar-refractivity contribution in [1.82, 2.24) is 4.90 Å². The van der Waals surface area contributed by atoms with Crippen LogP contribution in [0.25, 0.3) is 0 Å². The van der Waals surface area contributed by atoms with Gasteiger partial charge in [0.05, 0.1) is 11.2 Å². The number of carboxylic acids is 1. The summed E-state index contributed by atoms with van der Waals surface area (Å²) < 4.78 is 0. The molecule has 0 bridgehead atoms. The number of amides is 1. The molecule has 0 aliphatic carbocycles. The number of thioether (sulfide) groups is 1. The highest BCUT2D eigenvalue weighted by atomic mass is 32.2. The fourth-order valence-corrected chi connectivity index (χ4v) is 3.73. The first kappa shape index (κ1) is 16.9. The number of hydrogen-bond acceptors (Lipinski definition) is 3. The van der Waals surface area contributed by atoms with E-state index in [9.17, 15) is 14.7 Å². The monoisotopic (exact) mass is 321 g/mol. The highest BCUT2D eigenvalue weighted by Gasteiger charge is 2.39. The molecule has 1 aromatic rings. The van der Waals surface area contributed by atoms with Crippen LogP contribution in [0.3, 0.4) is 0 Å². The van der Waals surface area contributed by atoms with Crippen LogP contribution in [0.5, 0.6) is 0 Å². The van der Waals surface area contributed by atoms with Gasteiger partial charge < -0.3 is 10.0 Å². The summed E-state index contributed by atoms with van der Waals surface area (Å²) in [5.74, 6) is -0.427. The van der Waals surface area contributed by atoms with Crippen molar-refractivity contribution in [3.63, 3.8) is 0 Å². The van der Waals surface area contributed by atoms with Crippen molar-refractivity contribution in [2.24, 2.45) is 5.41 Å². The quantitative estimate of drug-likeness (QED) is 0.866. The molecule has 0 spiro atoms. The van der Waals surface area contributed by atoms with E-state index < -0.39 is 11.4 Å². The minimum absolute atomic E-state index is 0.0251. The summed E-state index contributed by atoms with van der Waals surface area (Å²) >= 11 is 1.53. The van der Waals surface area contributed by atoms with Crippen LogP contribution in [-0.4, -0.2) is 40.7 Å². The Morgan fingerprint density at radius 1 is 1.36 bits per heavy atom. The molecule has 1 N–H and O–H groups in total. The predicted octanol–water partition coefficient (Wildman–Crippen LogP) is 3.11. The molecule has 1 amide bonds. The van der Waals surface area contributed by atoms with Gasteiger partial charge in [0.25, 0.3) is 0 Å². The molecule has 4 nitrogen and oxygen atoms in total. The molecule has 1 aliphatic rings. The Bertz CT molecular complexity index is 587. The Hall–Kier alpha value is -1.49. The summed E-state index contributed by atoms with van der Waals surface area (Å²) in [5, 5.41) is 9.32. The van der Waals surface area contributed by atoms with E-state index in [-0.39, 0.29) is 5.91 Å². The van der Waals surface area contributed by atoms with Gasteiger partial charge in [-0.1, -0.05) is 17.7 Å². The van der Waals surface area contributed by atoms with Crippen LogP contribution in [-0.2, 0) is 9.59 Å². The van der Waals surface area contributed by atoms with E-state index >= 15 is 0 Å². The van der Waals surface area contributed by atoms with E-state index in [0.29, 0.717) is 25.3 Å². The normalized spacial score (nSPS) is 21.7. The van der Waals surface area contributed by atoms with E-state index in [1.54, 1.807) is 11.8 Å². The van der Waals surface area contributed by atoms with Crippen molar-refractivity contribution in [3.05, 3.63) is 29.3 Å². The summed E-state index contributed by atoms with van der Waals surface area (Å²) in [6.07, 6.45) is 1.39. The SMILES string of the molecule is Cc1ccc(SCC(=O)N2CCCC(C)(C(=O)O)C2)c(C)c1. The second-order valence-corrected chi connectivity index (χ2v) is 7.36. The summed E-state index contributed by atoms with van der Waals surface area (Å²) in [6, 6.07) is 6.19. The molecule has 1 fully saturated rings. The van der Waals surface area contributed by atoms with Crippen LogP contribution in [0.4, 0.5) is 0 Å². The zero-order valence-electron chi connectivity index (χ0n) is 13.4. The third kappa shape index (κ3) is 3.83. The number of aryl methyl sites for hydroxylation is 2. The first-order chi connectivity index (χ1) is 10.3. The lowest BCUT2D eigenvalue weighted by molar-refractivity contribution is -0.153. The number of carboxylic acid groups (broad SMARTS) is 1. The van der Waals surface area contributed by atoms with Gasteiger partial charge >= 0.3 is 5.97 Å². The molecule has 0 saturated carbocycles. The van der Waals surface area contributed by atoms with Crippen molar-refractivity contribution < 1.29 is 14.7 Å². The number of piperidine rings is 1. The average molecular weight is 321 g/mol. The molecule has 0 aromatic heterocycles. The number of aliphatic carboxylic acids is 1. The lowest BCUT2D eigenvalue weighted by atomic mass is 9.82. The van der Waals surface area contributed by atoms with Gasteiger partial charge in [-0.15, -0.1) is 11.8 Å². The molecular weight excluding hydrogens is 298 g/mol. The van der Waals surface area contributed by atoms with Crippen molar-refractivity contribution >= 4 is 23.6 Å². The van der Waals surface area contributed by atoms with Crippen LogP contribution >= 0.6 is 11.8 Å². The molecule has 1 atom stereocenters. The zero-order valence-corrected chi connectivity index (χ0v) is 14.2. The van der Waals surface area contributed by atoms with E-state index in [2.05, 4.69) is 6.07 Å². The van der Waals surface area contributed by atoms with Gasteiger partial charge in [0.1, 0.15) is 0 Å². The minimum atomic E-state index is -0.813. The Morgan fingerprint density at radius 3 is 2.73 bits per heavy atom. The van der Waals surface area contributed by atoms with Crippen molar-refractivity contribution in [2.45, 2.75) is 38.5 Å². The van der Waals surface area contributed by atoms with Crippen LogP contribution < -0.4 is 0 Å². The molecule has 0 radical (unpaired) electrons. The van der Waals surface area contributed by atoms with Gasteiger partial charge in [-0.3, -0.25) is 9.59 Å². The number of benzene rings is 1. The highest BCUT2D eigenvalue weighted by molar-refractivity contribution is 8.00. The number of carbonyl (C=O) groups is 2. The van der Waals surface area contributed by atoms with E-state index in [0.717, 1.165) is 11.3 Å². The number of nitrogens with zero attached hydrogens (tertiary/aromatic N) is 1. The lowest BCUT2D eigenvalue weighted by Crippen LogP contribution is -2.48. The van der Waals surface area contributed by atoms with Crippen molar-refractivity contribution in [1.29, 1.82) is 0 Å². The van der Waals surface area contributed by atoms with E-state index in [1.165, 1.54) is 22.9 Å². The third-order valence-corrected chi connectivity index (χ3v) is 5.41. The maximum absolute atomic E-state index is 12.4. The molecular formula is C17H23NO3S. The lowest BCUT2D eigenvalue weighted by Gasteiger charge is -2.37. The molecule has 1 unspecified atom stereocenters. The smallest absolute Gasteiger partial charge is 0.311 e. The topological polar surface area (TPSA) is 57.6 Å². The van der Waals surface area contributed by atoms with Gasteiger partial charge in [-0.2, -0.15) is 0 Å². The molecule has 5 heteroatoms. The first-order valence-corrected chi connectivity index (χ1v) is 8.52. The van der Waals surface area contributed by atoms with E-state index in [1.807, 2.05) is 26.0 Å². The Balaban J connectivity index is 1.96. The highest BCUT2D eigenvalue weighted by Crippen LogP contribution is 2.30. The van der Waals surface area contributed by atoms with Gasteiger partial charge in [0.2, 0.25) is 5.91 Å². The Labute approximate surface area is 135 Å². The zero-order chi connectivity index (χ0) is 16.3. The molecule has 22 heavy (non-hydrogen) atoms. The van der Waals surface area contributed by atoms with Gasteiger partial charge in [-0.05, 0) is 45.2 Å². The van der Waals surface area contributed by atoms with Crippen LogP contribution in [0, 0.1) is 19.3 Å². The first-order valence-electron chi connectivity index (χ1n) is 7.53. The van der Waals surface area contributed by atoms with Gasteiger partial charge in [-0.25, -0.2) is 0 Å². The second kappa shape index (κ2) is 6.73. The van der Waals surface area contributed by atoms with Gasteiger partial charge in [0, 0.05) is 18.0 Å². The van der Waals surface area contributed by atoms with E-state index in [4.69, 9.17) is 0 Å². The summed E-state index contributed by atoms with van der Waals surface area (Å²) in [7, 11) is 0. The van der Waals surface area contributed by atoms with Crippen molar-refractivity contribution in [2.75, 3.05) is 18.8 Å². The molecule has 1 saturated heterocycles. The van der Waals surface area contributed by atoms with Crippen LogP contribution in [0.1, 0.15) is 30.9 Å². The maximum atomic E-state index is 12.4. The summed E-state index contributed by atoms with van der Waals surface area (Å²) in [5.41, 5.74) is 1.58. The number of rotatable bonds is 4. The molecule has 1 aliphatic heterocycles. The Kier molecular flexibility index (Phi) is 5.16. The molecule has 1 heterocycles. The standard InChI is InChI=1S/C17H23NO3S/c1-12-5-6-14(13(2)9-12)22-10-15(19)18-8-4-7-17(3,11-18)16(20)21/h5-6,9H,4,7-8,10-11H2,1-3H3,(H,20,21). The van der Waals surface area contributed by atoms with Crippen LogP contribution in [0.15, 0.2) is 23.1 Å². The molecule has 120 valence electrons. The number of likely N-dealkylation sites (tertiary alicyclic amines) is 1. The van der Waals surface area contributed by atoms with Crippen molar-refractivity contribution in [3.8, 4) is 0 Å². The number of carbonyl (C=O) groups excluding carboxylic acids is 1.